The molecule has 7 heteroatoms. The lowest BCUT2D eigenvalue weighted by Gasteiger charge is -2.34. The fourth-order valence-electron chi connectivity index (χ4n) is 6.62. The molecule has 2 aromatic carbocycles. The average molecular weight is 633 g/mol. The Balaban J connectivity index is 0.000000662. The van der Waals surface area contributed by atoms with Gasteiger partial charge < -0.3 is 23.8 Å². The Kier molecular flexibility index (Phi) is 11.9. The number of imidazole rings is 1. The topological polar surface area (TPSA) is 49.5 Å². The minimum Gasteiger partial charge on any atom is -0.375 e. The van der Waals surface area contributed by atoms with Gasteiger partial charge in [0.25, 0.3) is 5.91 Å². The number of rotatable bonds is 10. The van der Waals surface area contributed by atoms with Gasteiger partial charge in [-0.3, -0.25) is 4.79 Å². The normalized spacial score (nSPS) is 16.0. The highest BCUT2D eigenvalue weighted by Gasteiger charge is 2.26. The van der Waals surface area contributed by atoms with Crippen LogP contribution in [0.3, 0.4) is 0 Å². The number of hydrogen-bond acceptors (Lipinski definition) is 4. The lowest BCUT2D eigenvalue weighted by Crippen LogP contribution is -2.47. The molecule has 0 N–H and O–H groups in total. The van der Waals surface area contributed by atoms with Gasteiger partial charge in [-0.05, 0) is 55.0 Å². The van der Waals surface area contributed by atoms with Gasteiger partial charge in [0.15, 0.2) is 0 Å². The number of piperidine rings is 1. The maximum atomic E-state index is 13.9. The van der Waals surface area contributed by atoms with E-state index in [1.54, 1.807) is 6.08 Å². The summed E-state index contributed by atoms with van der Waals surface area (Å²) in [5.74, 6) is 0.753. The average Bonchev–Trinajstić information content (AvgIpc) is 3.74. The minimum absolute atomic E-state index is 0.119. The molecular weight excluding hydrogens is 580 g/mol. The van der Waals surface area contributed by atoms with Crippen molar-refractivity contribution >= 4 is 16.7 Å². The van der Waals surface area contributed by atoms with Crippen LogP contribution >= 0.6 is 0 Å². The first-order valence-corrected chi connectivity index (χ1v) is 17.3. The van der Waals surface area contributed by atoms with Crippen LogP contribution in [0.1, 0.15) is 55.6 Å². The Labute approximate surface area is 281 Å². The molecule has 4 heterocycles. The van der Waals surface area contributed by atoms with Gasteiger partial charge in [0, 0.05) is 75.7 Å². The Bertz CT molecular complexity index is 1660. The number of carbonyl (C=O) groups excluding carboxylic acids is 1. The minimum atomic E-state index is 0.119. The second-order valence-electron chi connectivity index (χ2n) is 12.8. The van der Waals surface area contributed by atoms with Crippen molar-refractivity contribution in [1.82, 2.24) is 28.8 Å². The van der Waals surface area contributed by atoms with Gasteiger partial charge in [0.1, 0.15) is 0 Å². The van der Waals surface area contributed by atoms with E-state index in [2.05, 4.69) is 119 Å². The summed E-state index contributed by atoms with van der Waals surface area (Å²) in [5, 5.41) is 2.35. The molecule has 2 aliphatic rings. The van der Waals surface area contributed by atoms with Crippen LogP contribution in [-0.2, 0) is 13.1 Å². The number of fused-ring (bicyclic) bond motifs is 1. The van der Waals surface area contributed by atoms with Crippen LogP contribution in [0, 0.1) is 5.92 Å². The van der Waals surface area contributed by atoms with Crippen molar-refractivity contribution in [1.29, 1.82) is 0 Å². The van der Waals surface area contributed by atoms with E-state index in [9.17, 15) is 4.79 Å². The first-order chi connectivity index (χ1) is 22.9. The molecule has 4 aromatic rings. The summed E-state index contributed by atoms with van der Waals surface area (Å²) in [4.78, 5) is 25.2. The smallest absolute Gasteiger partial charge is 0.256 e. The predicted molar refractivity (Wildman–Crippen MR) is 195 cm³/mol. The zero-order valence-electron chi connectivity index (χ0n) is 28.7. The molecule has 2 saturated heterocycles. The van der Waals surface area contributed by atoms with Gasteiger partial charge in [-0.15, -0.1) is 0 Å². The SMILES string of the molecule is C=C(CC)N1CCC(Cn2cncc2Cn2cc(C(=O)N3CCN(C)CC3)c(-c3cccc4ccccc34)c2)CC1.C=C/C=C\CC. The predicted octanol–water partition coefficient (Wildman–Crippen LogP) is 7.72. The highest BCUT2D eigenvalue weighted by atomic mass is 16.2. The van der Waals surface area contributed by atoms with E-state index in [0.717, 1.165) is 75.3 Å². The molecule has 2 aromatic heterocycles. The molecule has 6 rings (SSSR count). The molecule has 47 heavy (non-hydrogen) atoms. The molecule has 0 bridgehead atoms. The molecule has 2 fully saturated rings. The number of aromatic nitrogens is 3. The summed E-state index contributed by atoms with van der Waals surface area (Å²) in [5.41, 5.74) is 5.31. The van der Waals surface area contributed by atoms with E-state index in [-0.39, 0.29) is 5.91 Å². The number of carbonyl (C=O) groups is 1. The summed E-state index contributed by atoms with van der Waals surface area (Å²) in [7, 11) is 2.12. The van der Waals surface area contributed by atoms with Crippen molar-refractivity contribution in [2.24, 2.45) is 5.92 Å². The van der Waals surface area contributed by atoms with Crippen LogP contribution in [-0.4, -0.2) is 81.0 Å². The van der Waals surface area contributed by atoms with E-state index in [4.69, 9.17) is 0 Å². The molecule has 7 nitrogen and oxygen atoms in total. The molecule has 0 atom stereocenters. The molecule has 1 amide bonds. The van der Waals surface area contributed by atoms with E-state index in [0.29, 0.717) is 12.5 Å². The Morgan fingerprint density at radius 3 is 2.38 bits per heavy atom. The molecule has 0 radical (unpaired) electrons. The zero-order valence-corrected chi connectivity index (χ0v) is 28.7. The van der Waals surface area contributed by atoms with Gasteiger partial charge in [-0.2, -0.15) is 0 Å². The summed E-state index contributed by atoms with van der Waals surface area (Å²) >= 11 is 0. The Morgan fingerprint density at radius 1 is 0.936 bits per heavy atom. The lowest BCUT2D eigenvalue weighted by molar-refractivity contribution is 0.0665. The quantitative estimate of drug-likeness (QED) is 0.168. The van der Waals surface area contributed by atoms with Crippen LogP contribution in [0.15, 0.2) is 104 Å². The van der Waals surface area contributed by atoms with Crippen LogP contribution in [0.25, 0.3) is 21.9 Å². The van der Waals surface area contributed by atoms with Crippen molar-refractivity contribution < 1.29 is 4.79 Å². The summed E-state index contributed by atoms with van der Waals surface area (Å²) < 4.78 is 4.50. The van der Waals surface area contributed by atoms with Crippen LogP contribution < -0.4 is 0 Å². The second-order valence-corrected chi connectivity index (χ2v) is 12.8. The number of likely N-dealkylation sites (N-methyl/N-ethyl adjacent to an activating group) is 1. The van der Waals surface area contributed by atoms with Crippen molar-refractivity contribution in [3.05, 3.63) is 116 Å². The molecule has 0 aliphatic carbocycles. The van der Waals surface area contributed by atoms with Gasteiger partial charge in [0.05, 0.1) is 24.1 Å². The number of hydrogen-bond donors (Lipinski definition) is 0. The van der Waals surface area contributed by atoms with E-state index in [1.807, 2.05) is 23.5 Å². The second kappa shape index (κ2) is 16.5. The third kappa shape index (κ3) is 8.52. The molecular formula is C40H52N6O. The number of amides is 1. The summed E-state index contributed by atoms with van der Waals surface area (Å²) in [6.45, 7) is 19.2. The first-order valence-electron chi connectivity index (χ1n) is 17.3. The molecule has 0 unspecified atom stereocenters. The Morgan fingerprint density at radius 2 is 1.68 bits per heavy atom. The maximum Gasteiger partial charge on any atom is 0.256 e. The molecule has 0 spiro atoms. The molecule has 0 saturated carbocycles. The van der Waals surface area contributed by atoms with E-state index >= 15 is 0 Å². The third-order valence-corrected chi connectivity index (χ3v) is 9.56. The largest absolute Gasteiger partial charge is 0.375 e. The number of likely N-dealkylation sites (tertiary alicyclic amines) is 1. The highest BCUT2D eigenvalue weighted by molar-refractivity contribution is 6.06. The third-order valence-electron chi connectivity index (χ3n) is 9.56. The van der Waals surface area contributed by atoms with Gasteiger partial charge >= 0.3 is 0 Å². The van der Waals surface area contributed by atoms with E-state index < -0.39 is 0 Å². The van der Waals surface area contributed by atoms with Crippen LogP contribution in [0.5, 0.6) is 0 Å². The van der Waals surface area contributed by atoms with Crippen LogP contribution in [0.4, 0.5) is 0 Å². The van der Waals surface area contributed by atoms with Crippen molar-refractivity contribution in [2.75, 3.05) is 46.3 Å². The van der Waals surface area contributed by atoms with Crippen LogP contribution in [0.2, 0.25) is 0 Å². The summed E-state index contributed by atoms with van der Waals surface area (Å²) in [6, 6.07) is 14.8. The number of nitrogens with zero attached hydrogens (tertiary/aromatic N) is 6. The van der Waals surface area contributed by atoms with E-state index in [1.165, 1.54) is 35.0 Å². The number of allylic oxidation sites excluding steroid dienone is 4. The van der Waals surface area contributed by atoms with Crippen molar-refractivity contribution in [3.8, 4) is 11.1 Å². The fraction of sp³-hybridized carbons (Fsp3) is 0.400. The number of benzene rings is 2. The standard InChI is InChI=1S/C34H42N6O.C6H10/c1-4-26(2)38-14-12-27(13-15-38)21-40-25-35-20-29(40)22-37-23-32(31-11-7-9-28-8-5-6-10-30(28)31)33(24-37)34(41)39-18-16-36(3)17-19-39;1-3-5-6-4-2/h5-11,20,23-25,27H,2,4,12-19,21-22H2,1,3H3;3,5-6H,1,4H2,2H3/b;6-5-. The van der Waals surface area contributed by atoms with Gasteiger partial charge in [-0.25, -0.2) is 4.98 Å². The first kappa shape index (κ1) is 34.0. The van der Waals surface area contributed by atoms with Crippen molar-refractivity contribution in [3.63, 3.8) is 0 Å². The number of piperazine rings is 1. The Hall–Kier alpha value is -4.36. The van der Waals surface area contributed by atoms with Gasteiger partial charge in [-0.1, -0.05) is 87.7 Å². The monoisotopic (exact) mass is 632 g/mol. The zero-order chi connectivity index (χ0) is 33.2. The lowest BCUT2D eigenvalue weighted by atomic mass is 9.96. The summed E-state index contributed by atoms with van der Waals surface area (Å²) in [6.07, 6.45) is 18.4. The maximum absolute atomic E-state index is 13.9. The fourth-order valence-corrected chi connectivity index (χ4v) is 6.62. The molecule has 2 aliphatic heterocycles. The highest BCUT2D eigenvalue weighted by Crippen LogP contribution is 2.33. The van der Waals surface area contributed by atoms with Crippen molar-refractivity contribution in [2.45, 2.75) is 52.6 Å². The molecule has 248 valence electrons. The van der Waals surface area contributed by atoms with Gasteiger partial charge in [0.2, 0.25) is 0 Å².